The van der Waals surface area contributed by atoms with E-state index in [0.29, 0.717) is 12.3 Å². The number of hydrogen-bond donors (Lipinski definition) is 1. The Morgan fingerprint density at radius 1 is 1.05 bits per heavy atom. The first kappa shape index (κ1) is 13.4. The molecule has 2 nitrogen and oxygen atoms in total. The van der Waals surface area contributed by atoms with Crippen LogP contribution in [0.4, 0.5) is 10.1 Å². The van der Waals surface area contributed by atoms with E-state index in [2.05, 4.69) is 19.1 Å². The molecular weight excluding hydrogens is 241 g/mol. The van der Waals surface area contributed by atoms with E-state index in [9.17, 15) is 4.39 Å². The molecule has 3 heteroatoms. The molecule has 0 aromatic heterocycles. The molecule has 0 saturated heterocycles. The van der Waals surface area contributed by atoms with E-state index in [4.69, 9.17) is 10.5 Å². The van der Waals surface area contributed by atoms with E-state index in [0.717, 1.165) is 24.2 Å². The second-order valence-corrected chi connectivity index (χ2v) is 4.58. The van der Waals surface area contributed by atoms with Gasteiger partial charge in [0.2, 0.25) is 0 Å². The molecule has 0 fully saturated rings. The lowest BCUT2D eigenvalue weighted by atomic mass is 10.1. The Labute approximate surface area is 113 Å². The van der Waals surface area contributed by atoms with Gasteiger partial charge in [0.05, 0.1) is 0 Å². The lowest BCUT2D eigenvalue weighted by Gasteiger charge is -2.08. The van der Waals surface area contributed by atoms with Crippen molar-refractivity contribution >= 4 is 5.69 Å². The summed E-state index contributed by atoms with van der Waals surface area (Å²) >= 11 is 0. The molecule has 0 atom stereocenters. The Morgan fingerprint density at radius 3 is 2.42 bits per heavy atom. The van der Waals surface area contributed by atoms with Crippen LogP contribution in [0.2, 0.25) is 0 Å². The predicted octanol–water partition coefficient (Wildman–Crippen LogP) is 3.94. The average Bonchev–Trinajstić information content (AvgIpc) is 2.37. The van der Waals surface area contributed by atoms with E-state index in [-0.39, 0.29) is 5.82 Å². The highest BCUT2D eigenvalue weighted by Crippen LogP contribution is 2.17. The summed E-state index contributed by atoms with van der Waals surface area (Å²) in [6.07, 6.45) is 2.20. The maximum atomic E-state index is 13.2. The third-order valence-electron chi connectivity index (χ3n) is 2.85. The van der Waals surface area contributed by atoms with Gasteiger partial charge in [0.1, 0.15) is 18.2 Å². The van der Waals surface area contributed by atoms with Gasteiger partial charge in [0, 0.05) is 5.69 Å². The van der Waals surface area contributed by atoms with Crippen LogP contribution in [-0.2, 0) is 13.0 Å². The van der Waals surface area contributed by atoms with Gasteiger partial charge in [-0.25, -0.2) is 4.39 Å². The standard InChI is InChI=1S/C16H18FNO/c1-2-3-12-4-6-16(7-5-12)19-11-13-8-14(17)10-15(18)9-13/h4-10H,2-3,11,18H2,1H3. The quantitative estimate of drug-likeness (QED) is 0.825. The SMILES string of the molecule is CCCc1ccc(OCc2cc(N)cc(F)c2)cc1. The van der Waals surface area contributed by atoms with Crippen molar-refractivity contribution < 1.29 is 9.13 Å². The minimum Gasteiger partial charge on any atom is -0.489 e. The number of rotatable bonds is 5. The number of anilines is 1. The van der Waals surface area contributed by atoms with Crippen LogP contribution in [0, 0.1) is 5.82 Å². The van der Waals surface area contributed by atoms with Crippen molar-refractivity contribution in [1.29, 1.82) is 0 Å². The normalized spacial score (nSPS) is 10.4. The summed E-state index contributed by atoms with van der Waals surface area (Å²) in [7, 11) is 0. The van der Waals surface area contributed by atoms with Crippen molar-refractivity contribution in [2.75, 3.05) is 5.73 Å². The molecule has 0 aliphatic heterocycles. The van der Waals surface area contributed by atoms with Gasteiger partial charge in [-0.3, -0.25) is 0 Å². The minimum absolute atomic E-state index is 0.315. The lowest BCUT2D eigenvalue weighted by Crippen LogP contribution is -1.98. The van der Waals surface area contributed by atoms with Gasteiger partial charge in [-0.05, 0) is 47.9 Å². The largest absolute Gasteiger partial charge is 0.489 e. The van der Waals surface area contributed by atoms with E-state index < -0.39 is 0 Å². The fourth-order valence-electron chi connectivity index (χ4n) is 1.97. The summed E-state index contributed by atoms with van der Waals surface area (Å²) in [5, 5.41) is 0. The van der Waals surface area contributed by atoms with Crippen LogP contribution in [0.1, 0.15) is 24.5 Å². The number of ether oxygens (including phenoxy) is 1. The first-order valence-corrected chi connectivity index (χ1v) is 6.44. The summed E-state index contributed by atoms with van der Waals surface area (Å²) < 4.78 is 18.8. The second-order valence-electron chi connectivity index (χ2n) is 4.58. The molecule has 2 N–H and O–H groups in total. The van der Waals surface area contributed by atoms with Crippen LogP contribution in [-0.4, -0.2) is 0 Å². The molecule has 2 rings (SSSR count). The minimum atomic E-state index is -0.336. The summed E-state index contributed by atoms with van der Waals surface area (Å²) in [5.74, 6) is 0.444. The molecule has 0 amide bonds. The molecule has 0 aliphatic rings. The highest BCUT2D eigenvalue weighted by Gasteiger charge is 2.00. The first-order valence-electron chi connectivity index (χ1n) is 6.44. The van der Waals surface area contributed by atoms with Gasteiger partial charge in [-0.1, -0.05) is 25.5 Å². The molecule has 2 aromatic carbocycles. The van der Waals surface area contributed by atoms with Crippen LogP contribution in [0.25, 0.3) is 0 Å². The predicted molar refractivity (Wildman–Crippen MR) is 75.6 cm³/mol. The molecule has 100 valence electrons. The molecule has 0 saturated carbocycles. The zero-order chi connectivity index (χ0) is 13.7. The summed E-state index contributed by atoms with van der Waals surface area (Å²) in [4.78, 5) is 0. The summed E-state index contributed by atoms with van der Waals surface area (Å²) in [6.45, 7) is 2.47. The molecule has 0 bridgehead atoms. The Kier molecular flexibility index (Phi) is 4.39. The molecule has 0 heterocycles. The number of nitrogens with two attached hydrogens (primary N) is 1. The van der Waals surface area contributed by atoms with Crippen LogP contribution in [0.3, 0.4) is 0 Å². The van der Waals surface area contributed by atoms with Crippen LogP contribution in [0.15, 0.2) is 42.5 Å². The maximum Gasteiger partial charge on any atom is 0.125 e. The van der Waals surface area contributed by atoms with Crippen LogP contribution >= 0.6 is 0 Å². The molecule has 19 heavy (non-hydrogen) atoms. The first-order chi connectivity index (χ1) is 9.17. The van der Waals surface area contributed by atoms with Gasteiger partial charge in [0.15, 0.2) is 0 Å². The fourth-order valence-corrected chi connectivity index (χ4v) is 1.97. The Bertz CT molecular complexity index is 517. The Balaban J connectivity index is 1.98. The third-order valence-corrected chi connectivity index (χ3v) is 2.85. The van der Waals surface area contributed by atoms with Gasteiger partial charge in [0.25, 0.3) is 0 Å². The van der Waals surface area contributed by atoms with E-state index in [1.54, 1.807) is 6.07 Å². The smallest absolute Gasteiger partial charge is 0.125 e. The van der Waals surface area contributed by atoms with E-state index in [1.165, 1.54) is 17.7 Å². The van der Waals surface area contributed by atoms with Crippen molar-refractivity contribution in [3.8, 4) is 5.75 Å². The maximum absolute atomic E-state index is 13.2. The zero-order valence-electron chi connectivity index (χ0n) is 11.0. The van der Waals surface area contributed by atoms with Gasteiger partial charge in [-0.15, -0.1) is 0 Å². The van der Waals surface area contributed by atoms with Crippen molar-refractivity contribution in [3.63, 3.8) is 0 Å². The fraction of sp³-hybridized carbons (Fsp3) is 0.250. The number of aryl methyl sites for hydroxylation is 1. The number of nitrogen functional groups attached to an aromatic ring is 1. The molecule has 2 aromatic rings. The lowest BCUT2D eigenvalue weighted by molar-refractivity contribution is 0.305. The molecule has 0 radical (unpaired) electrons. The van der Waals surface area contributed by atoms with Gasteiger partial charge < -0.3 is 10.5 Å². The molecule has 0 spiro atoms. The molecule has 0 unspecified atom stereocenters. The topological polar surface area (TPSA) is 35.2 Å². The van der Waals surface area contributed by atoms with E-state index in [1.807, 2.05) is 12.1 Å². The average molecular weight is 259 g/mol. The highest BCUT2D eigenvalue weighted by molar-refractivity contribution is 5.41. The Hall–Kier alpha value is -2.03. The summed E-state index contributed by atoms with van der Waals surface area (Å²) in [6, 6.07) is 12.4. The zero-order valence-corrected chi connectivity index (χ0v) is 11.0. The monoisotopic (exact) mass is 259 g/mol. The number of halogens is 1. The van der Waals surface area contributed by atoms with Gasteiger partial charge >= 0.3 is 0 Å². The van der Waals surface area contributed by atoms with Crippen molar-refractivity contribution in [3.05, 3.63) is 59.4 Å². The van der Waals surface area contributed by atoms with Gasteiger partial charge in [-0.2, -0.15) is 0 Å². The van der Waals surface area contributed by atoms with E-state index >= 15 is 0 Å². The number of hydrogen-bond acceptors (Lipinski definition) is 2. The number of benzene rings is 2. The summed E-state index contributed by atoms with van der Waals surface area (Å²) in [5.41, 5.74) is 8.03. The third kappa shape index (κ3) is 3.98. The molecular formula is C16H18FNO. The van der Waals surface area contributed by atoms with Crippen molar-refractivity contribution in [2.24, 2.45) is 0 Å². The molecule has 0 aliphatic carbocycles. The van der Waals surface area contributed by atoms with Crippen LogP contribution < -0.4 is 10.5 Å². The van der Waals surface area contributed by atoms with Crippen molar-refractivity contribution in [1.82, 2.24) is 0 Å². The Morgan fingerprint density at radius 2 is 1.79 bits per heavy atom. The highest BCUT2D eigenvalue weighted by atomic mass is 19.1. The van der Waals surface area contributed by atoms with Crippen molar-refractivity contribution in [2.45, 2.75) is 26.4 Å². The second kappa shape index (κ2) is 6.23. The van der Waals surface area contributed by atoms with Crippen LogP contribution in [0.5, 0.6) is 5.75 Å².